The molecule has 4 heteroatoms. The van der Waals surface area contributed by atoms with Gasteiger partial charge in [0.05, 0.1) is 5.60 Å². The second-order valence-electron chi connectivity index (χ2n) is 8.50. The molecule has 22 heavy (non-hydrogen) atoms. The van der Waals surface area contributed by atoms with Gasteiger partial charge in [-0.1, -0.05) is 6.92 Å². The van der Waals surface area contributed by atoms with E-state index in [0.717, 1.165) is 25.7 Å². The SMILES string of the molecule is C[C@]12CCC3C(CCC4(O)CC(=O)CCC34O)C1CCC2=O. The van der Waals surface area contributed by atoms with E-state index in [1.54, 1.807) is 0 Å². The van der Waals surface area contributed by atoms with E-state index in [1.165, 1.54) is 0 Å². The van der Waals surface area contributed by atoms with Gasteiger partial charge in [-0.05, 0) is 56.3 Å². The Bertz CT molecular complexity index is 543. The van der Waals surface area contributed by atoms with Crippen molar-refractivity contribution >= 4 is 11.6 Å². The Morgan fingerprint density at radius 2 is 1.73 bits per heavy atom. The number of ketones is 2. The molecule has 122 valence electrons. The standard InChI is InChI=1S/C18H26O4/c1-16-7-6-14-12(13(16)2-3-15(16)20)5-8-17(21)10-11(19)4-9-18(14,17)22/h12-14,21-22H,2-10H2,1H3/t12?,13?,14?,16-,17?,18?/m0/s1. The van der Waals surface area contributed by atoms with Crippen molar-refractivity contribution in [2.24, 2.45) is 23.2 Å². The van der Waals surface area contributed by atoms with Gasteiger partial charge in [0.15, 0.2) is 0 Å². The second kappa shape index (κ2) is 4.41. The molecular weight excluding hydrogens is 280 g/mol. The normalized spacial score (nSPS) is 54.6. The Kier molecular flexibility index (Phi) is 2.98. The maximum Gasteiger partial charge on any atom is 0.139 e. The summed E-state index contributed by atoms with van der Waals surface area (Å²) in [5.41, 5.74) is -2.58. The van der Waals surface area contributed by atoms with Crippen molar-refractivity contribution in [2.75, 3.05) is 0 Å². The minimum absolute atomic E-state index is 0.0447. The average Bonchev–Trinajstić information content (AvgIpc) is 2.76. The largest absolute Gasteiger partial charge is 0.387 e. The van der Waals surface area contributed by atoms with Gasteiger partial charge >= 0.3 is 0 Å². The average molecular weight is 306 g/mol. The molecule has 0 radical (unpaired) electrons. The molecule has 4 aliphatic rings. The Labute approximate surface area is 131 Å². The zero-order valence-electron chi connectivity index (χ0n) is 13.3. The summed E-state index contributed by atoms with van der Waals surface area (Å²) in [6.07, 6.45) is 5.44. The van der Waals surface area contributed by atoms with Gasteiger partial charge in [0.1, 0.15) is 17.2 Å². The van der Waals surface area contributed by atoms with Crippen LogP contribution < -0.4 is 0 Å². The van der Waals surface area contributed by atoms with Crippen LogP contribution in [0.25, 0.3) is 0 Å². The molecule has 0 amide bonds. The van der Waals surface area contributed by atoms with Gasteiger partial charge in [0.25, 0.3) is 0 Å². The van der Waals surface area contributed by atoms with Crippen molar-refractivity contribution in [3.05, 3.63) is 0 Å². The molecule has 0 aromatic carbocycles. The van der Waals surface area contributed by atoms with Gasteiger partial charge < -0.3 is 10.2 Å². The molecule has 6 atom stereocenters. The Morgan fingerprint density at radius 3 is 2.50 bits per heavy atom. The van der Waals surface area contributed by atoms with Gasteiger partial charge in [-0.2, -0.15) is 0 Å². The number of hydrogen-bond donors (Lipinski definition) is 2. The van der Waals surface area contributed by atoms with Crippen molar-refractivity contribution in [3.8, 4) is 0 Å². The lowest BCUT2D eigenvalue weighted by Gasteiger charge is -2.61. The van der Waals surface area contributed by atoms with Gasteiger partial charge in [0.2, 0.25) is 0 Å². The Balaban J connectivity index is 1.69. The third kappa shape index (κ3) is 1.66. The number of rotatable bonds is 0. The predicted molar refractivity (Wildman–Crippen MR) is 80.0 cm³/mol. The molecule has 4 saturated carbocycles. The lowest BCUT2D eigenvalue weighted by molar-refractivity contribution is -0.248. The molecule has 0 aliphatic heterocycles. The molecule has 0 aromatic rings. The van der Waals surface area contributed by atoms with Crippen LogP contribution in [-0.4, -0.2) is 33.0 Å². The molecule has 0 bridgehead atoms. The van der Waals surface area contributed by atoms with Crippen LogP contribution in [0, 0.1) is 23.2 Å². The van der Waals surface area contributed by atoms with Crippen molar-refractivity contribution in [2.45, 2.75) is 75.9 Å². The predicted octanol–water partition coefficient (Wildman–Crippen LogP) is 2.01. The van der Waals surface area contributed by atoms with E-state index in [-0.39, 0.29) is 23.5 Å². The first-order chi connectivity index (χ1) is 10.3. The summed E-state index contributed by atoms with van der Waals surface area (Å²) in [4.78, 5) is 24.1. The molecule has 4 fully saturated rings. The smallest absolute Gasteiger partial charge is 0.139 e. The van der Waals surface area contributed by atoms with Gasteiger partial charge in [-0.15, -0.1) is 0 Å². The molecule has 0 heterocycles. The molecule has 4 aliphatic carbocycles. The van der Waals surface area contributed by atoms with Crippen LogP contribution in [0.2, 0.25) is 0 Å². The van der Waals surface area contributed by atoms with E-state index in [4.69, 9.17) is 0 Å². The Morgan fingerprint density at radius 1 is 0.955 bits per heavy atom. The zero-order chi connectivity index (χ0) is 15.8. The first-order valence-corrected chi connectivity index (χ1v) is 8.80. The lowest BCUT2D eigenvalue weighted by Crippen LogP contribution is -2.68. The highest BCUT2D eigenvalue weighted by molar-refractivity contribution is 5.87. The van der Waals surface area contributed by atoms with Crippen molar-refractivity contribution in [1.29, 1.82) is 0 Å². The molecule has 0 spiro atoms. The fraction of sp³-hybridized carbons (Fsp3) is 0.889. The van der Waals surface area contributed by atoms with Gasteiger partial charge in [0, 0.05) is 24.7 Å². The van der Waals surface area contributed by atoms with E-state index in [9.17, 15) is 19.8 Å². The van der Waals surface area contributed by atoms with Crippen LogP contribution in [0.3, 0.4) is 0 Å². The molecule has 2 N–H and O–H groups in total. The van der Waals surface area contributed by atoms with Crippen molar-refractivity contribution in [1.82, 2.24) is 0 Å². The van der Waals surface area contributed by atoms with E-state index in [1.807, 2.05) is 0 Å². The highest BCUT2D eigenvalue weighted by atomic mass is 16.4. The van der Waals surface area contributed by atoms with Crippen molar-refractivity contribution in [3.63, 3.8) is 0 Å². The minimum atomic E-state index is -1.24. The summed E-state index contributed by atoms with van der Waals surface area (Å²) >= 11 is 0. The molecule has 4 rings (SSSR count). The topological polar surface area (TPSA) is 74.6 Å². The third-order valence-corrected chi connectivity index (χ3v) is 7.73. The monoisotopic (exact) mass is 306 g/mol. The quantitative estimate of drug-likeness (QED) is 0.718. The van der Waals surface area contributed by atoms with Crippen LogP contribution in [0.4, 0.5) is 0 Å². The van der Waals surface area contributed by atoms with Gasteiger partial charge in [-0.25, -0.2) is 0 Å². The highest BCUT2D eigenvalue weighted by Gasteiger charge is 2.66. The number of carbonyl (C=O) groups is 2. The van der Waals surface area contributed by atoms with Crippen LogP contribution in [-0.2, 0) is 9.59 Å². The number of carbonyl (C=O) groups excluding carboxylic acids is 2. The van der Waals surface area contributed by atoms with Gasteiger partial charge in [-0.3, -0.25) is 9.59 Å². The summed E-state index contributed by atoms with van der Waals surface area (Å²) in [7, 11) is 0. The van der Waals surface area contributed by atoms with E-state index >= 15 is 0 Å². The summed E-state index contributed by atoms with van der Waals surface area (Å²) in [5.74, 6) is 1.18. The minimum Gasteiger partial charge on any atom is -0.387 e. The van der Waals surface area contributed by atoms with E-state index in [0.29, 0.717) is 43.3 Å². The summed E-state index contributed by atoms with van der Waals surface area (Å²) in [6.45, 7) is 2.11. The fourth-order valence-electron chi connectivity index (χ4n) is 6.43. The second-order valence-corrected chi connectivity index (χ2v) is 8.50. The van der Waals surface area contributed by atoms with Crippen LogP contribution >= 0.6 is 0 Å². The lowest BCUT2D eigenvalue weighted by atomic mass is 9.47. The van der Waals surface area contributed by atoms with Crippen LogP contribution in [0.5, 0.6) is 0 Å². The van der Waals surface area contributed by atoms with Crippen molar-refractivity contribution < 1.29 is 19.8 Å². The molecule has 4 nitrogen and oxygen atoms in total. The molecule has 5 unspecified atom stereocenters. The summed E-state index contributed by atoms with van der Waals surface area (Å²) < 4.78 is 0. The summed E-state index contributed by atoms with van der Waals surface area (Å²) in [5, 5.41) is 22.3. The highest BCUT2D eigenvalue weighted by Crippen LogP contribution is 2.63. The number of hydrogen-bond acceptors (Lipinski definition) is 4. The first kappa shape index (κ1) is 14.8. The van der Waals surface area contributed by atoms with Crippen LogP contribution in [0.15, 0.2) is 0 Å². The maximum absolute atomic E-state index is 12.3. The number of Topliss-reactive ketones (excluding diaryl/α,β-unsaturated/α-hetero) is 2. The third-order valence-electron chi connectivity index (χ3n) is 7.73. The molecule has 0 aromatic heterocycles. The van der Waals surface area contributed by atoms with E-state index in [2.05, 4.69) is 6.92 Å². The van der Waals surface area contributed by atoms with E-state index < -0.39 is 11.2 Å². The summed E-state index contributed by atoms with van der Waals surface area (Å²) in [6, 6.07) is 0. The van der Waals surface area contributed by atoms with Crippen LogP contribution in [0.1, 0.15) is 64.7 Å². The molecular formula is C18H26O4. The molecule has 0 saturated heterocycles. The number of aliphatic hydroxyl groups is 2. The fourth-order valence-corrected chi connectivity index (χ4v) is 6.43. The number of fused-ring (bicyclic) bond motifs is 5. The first-order valence-electron chi connectivity index (χ1n) is 8.80. The maximum atomic E-state index is 12.3. The zero-order valence-corrected chi connectivity index (χ0v) is 13.3. The Hall–Kier alpha value is -0.740.